The largest absolute Gasteiger partial charge is 0.473 e. The number of hydrogen-bond acceptors (Lipinski definition) is 7. The van der Waals surface area contributed by atoms with E-state index in [1.807, 2.05) is 0 Å². The number of benzene rings is 1. The molecular formula is C24H20F5N5O3. The van der Waals surface area contributed by atoms with Gasteiger partial charge in [0, 0.05) is 37.0 Å². The summed E-state index contributed by atoms with van der Waals surface area (Å²) in [5.74, 6) is -2.80. The molecule has 3 aliphatic rings. The first-order valence-electron chi connectivity index (χ1n) is 11.5. The molecule has 1 aromatic carbocycles. The summed E-state index contributed by atoms with van der Waals surface area (Å²) in [6, 6.07) is 6.00. The lowest BCUT2D eigenvalue weighted by Crippen LogP contribution is -2.50. The molecule has 2 fully saturated rings. The van der Waals surface area contributed by atoms with Gasteiger partial charge < -0.3 is 14.4 Å². The number of ether oxygens (including phenoxy) is 2. The van der Waals surface area contributed by atoms with Crippen LogP contribution >= 0.6 is 0 Å². The van der Waals surface area contributed by atoms with Crippen molar-refractivity contribution in [1.29, 1.82) is 0 Å². The highest BCUT2D eigenvalue weighted by Gasteiger charge is 2.52. The van der Waals surface area contributed by atoms with Gasteiger partial charge in [0.1, 0.15) is 23.9 Å². The van der Waals surface area contributed by atoms with E-state index in [1.54, 1.807) is 10.6 Å². The number of pyridine rings is 1. The second kappa shape index (κ2) is 8.40. The van der Waals surface area contributed by atoms with Gasteiger partial charge in [0.15, 0.2) is 17.4 Å². The first kappa shape index (κ1) is 23.6. The van der Waals surface area contributed by atoms with Crippen molar-refractivity contribution >= 4 is 5.82 Å². The molecule has 6 rings (SSSR count). The van der Waals surface area contributed by atoms with Crippen molar-refractivity contribution in [3.05, 3.63) is 69.9 Å². The van der Waals surface area contributed by atoms with Gasteiger partial charge in [-0.25, -0.2) is 13.6 Å². The molecule has 0 aliphatic carbocycles. The van der Waals surface area contributed by atoms with Crippen LogP contribution in [0.1, 0.15) is 17.7 Å². The number of piperazine rings is 1. The fourth-order valence-electron chi connectivity index (χ4n) is 5.49. The summed E-state index contributed by atoms with van der Waals surface area (Å²) in [4.78, 5) is 24.3. The number of anilines is 1. The number of hydrogen-bond donors (Lipinski definition) is 0. The van der Waals surface area contributed by atoms with Crippen LogP contribution in [0.15, 0.2) is 41.3 Å². The molecule has 0 amide bonds. The first-order valence-corrected chi connectivity index (χ1v) is 11.5. The molecule has 37 heavy (non-hydrogen) atoms. The molecule has 0 spiro atoms. The second-order valence-electron chi connectivity index (χ2n) is 9.37. The molecule has 2 aromatic heterocycles. The van der Waals surface area contributed by atoms with Gasteiger partial charge in [-0.05, 0) is 37.2 Å². The molecule has 3 atom stereocenters. The number of likely N-dealkylation sites (N-methyl/N-ethyl adjacent to an activating group) is 1. The number of fused-ring (bicyclic) bond motifs is 7. The minimum absolute atomic E-state index is 0.0330. The quantitative estimate of drug-likeness (QED) is 0.476. The third-order valence-electron chi connectivity index (χ3n) is 7.06. The van der Waals surface area contributed by atoms with E-state index in [9.17, 15) is 26.7 Å². The van der Waals surface area contributed by atoms with Gasteiger partial charge in [-0.15, -0.1) is 0 Å². The lowest BCUT2D eigenvalue weighted by molar-refractivity contribution is -0.141. The van der Waals surface area contributed by atoms with E-state index in [1.165, 1.54) is 0 Å². The number of nitrogens with zero attached hydrogens (tertiary/aromatic N) is 5. The normalized spacial score (nSPS) is 22.3. The van der Waals surface area contributed by atoms with Crippen LogP contribution in [0.2, 0.25) is 0 Å². The smallest absolute Gasteiger partial charge is 0.433 e. The molecule has 8 nitrogen and oxygen atoms in total. The van der Waals surface area contributed by atoms with Crippen molar-refractivity contribution in [2.75, 3.05) is 18.5 Å². The minimum Gasteiger partial charge on any atom is -0.473 e. The highest BCUT2D eigenvalue weighted by Crippen LogP contribution is 2.43. The van der Waals surface area contributed by atoms with E-state index < -0.39 is 40.7 Å². The van der Waals surface area contributed by atoms with E-state index in [2.05, 4.69) is 26.8 Å². The Morgan fingerprint density at radius 1 is 1.08 bits per heavy atom. The summed E-state index contributed by atoms with van der Waals surface area (Å²) in [5, 5.41) is 0. The summed E-state index contributed by atoms with van der Waals surface area (Å²) >= 11 is 0. The number of aromatic nitrogens is 3. The van der Waals surface area contributed by atoms with Gasteiger partial charge >= 0.3 is 11.9 Å². The van der Waals surface area contributed by atoms with Crippen LogP contribution in [0.4, 0.5) is 27.8 Å². The molecule has 0 saturated carbocycles. The molecule has 0 radical (unpaired) electrons. The van der Waals surface area contributed by atoms with Gasteiger partial charge in [0.05, 0.1) is 12.6 Å². The molecule has 3 aromatic rings. The van der Waals surface area contributed by atoms with Gasteiger partial charge in [-0.3, -0.25) is 14.5 Å². The van der Waals surface area contributed by atoms with Crippen LogP contribution in [-0.2, 0) is 19.3 Å². The topological polar surface area (TPSA) is 72.7 Å². The van der Waals surface area contributed by atoms with Crippen LogP contribution < -0.4 is 20.1 Å². The van der Waals surface area contributed by atoms with Crippen molar-refractivity contribution < 1.29 is 31.4 Å². The maximum atomic E-state index is 14.6. The maximum absolute atomic E-state index is 14.6. The zero-order chi connectivity index (χ0) is 26.1. The van der Waals surface area contributed by atoms with Crippen LogP contribution in [0.3, 0.4) is 0 Å². The van der Waals surface area contributed by atoms with E-state index >= 15 is 0 Å². The maximum Gasteiger partial charge on any atom is 0.433 e. The Morgan fingerprint density at radius 2 is 1.84 bits per heavy atom. The van der Waals surface area contributed by atoms with Gasteiger partial charge in [0.25, 0.3) is 0 Å². The van der Waals surface area contributed by atoms with Gasteiger partial charge in [-0.2, -0.15) is 18.2 Å². The Labute approximate surface area is 206 Å². The molecule has 194 valence electrons. The van der Waals surface area contributed by atoms with Crippen molar-refractivity contribution in [2.24, 2.45) is 0 Å². The van der Waals surface area contributed by atoms with Gasteiger partial charge in [-0.1, -0.05) is 0 Å². The van der Waals surface area contributed by atoms with Crippen molar-refractivity contribution in [1.82, 2.24) is 19.4 Å². The Morgan fingerprint density at radius 3 is 2.57 bits per heavy atom. The summed E-state index contributed by atoms with van der Waals surface area (Å²) < 4.78 is 80.1. The molecule has 13 heteroatoms. The van der Waals surface area contributed by atoms with Crippen molar-refractivity contribution in [3.8, 4) is 17.4 Å². The lowest BCUT2D eigenvalue weighted by atomic mass is 10.1. The minimum atomic E-state index is -4.74. The van der Waals surface area contributed by atoms with E-state index in [-0.39, 0.29) is 24.1 Å². The lowest BCUT2D eigenvalue weighted by Gasteiger charge is -2.35. The highest BCUT2D eigenvalue weighted by atomic mass is 19.4. The number of alkyl halides is 3. The average molecular weight is 521 g/mol. The monoisotopic (exact) mass is 521 g/mol. The van der Waals surface area contributed by atoms with E-state index in [0.717, 1.165) is 43.2 Å². The summed E-state index contributed by atoms with van der Waals surface area (Å²) in [6.07, 6.45) is -2.88. The number of halogens is 5. The van der Waals surface area contributed by atoms with E-state index in [0.29, 0.717) is 24.7 Å². The zero-order valence-corrected chi connectivity index (χ0v) is 19.4. The third kappa shape index (κ3) is 4.06. The Hall–Kier alpha value is -3.74. The molecule has 2 unspecified atom stereocenters. The number of likely N-dealkylation sites (tertiary alicyclic amines) is 1. The van der Waals surface area contributed by atoms with Gasteiger partial charge in [0.2, 0.25) is 5.88 Å². The Bertz CT molecular complexity index is 1420. The standard InChI is InChI=1S/C24H20F5N5O3/c1-32-9-13-6-17(32)18-10-33-21(34(13)18)8-20(31-23(33)35)36-11-12-4-15(25)22(16(26)5-12)37-14-2-3-30-19(7-14)24(27,28)29/h2-5,7-8,13,17-18H,6,9-11H2,1H3/t13?,17?,18-/m0/s1. The predicted molar refractivity (Wildman–Crippen MR) is 120 cm³/mol. The van der Waals surface area contributed by atoms with Crippen LogP contribution in [-0.4, -0.2) is 51.2 Å². The molecule has 2 saturated heterocycles. The molecular weight excluding hydrogens is 501 g/mol. The SMILES string of the molecule is CN1CC2CC1[C@@H]1Cn3c(cc(OCc4cc(F)c(Oc5ccnc(C(F)(F)F)c5)c(F)c4)nc3=O)N21. The highest BCUT2D eigenvalue weighted by molar-refractivity contribution is 5.52. The zero-order valence-electron chi connectivity index (χ0n) is 19.4. The third-order valence-corrected chi connectivity index (χ3v) is 7.06. The Kier molecular flexibility index (Phi) is 5.37. The fourth-order valence-corrected chi connectivity index (χ4v) is 5.49. The molecule has 5 heterocycles. The van der Waals surface area contributed by atoms with Crippen molar-refractivity contribution in [3.63, 3.8) is 0 Å². The number of rotatable bonds is 5. The second-order valence-corrected chi connectivity index (χ2v) is 9.37. The molecule has 2 bridgehead atoms. The summed E-state index contributed by atoms with van der Waals surface area (Å²) in [5.41, 5.74) is -1.63. The molecule has 0 N–H and O–H groups in total. The summed E-state index contributed by atoms with van der Waals surface area (Å²) in [6.45, 7) is 1.15. The van der Waals surface area contributed by atoms with Crippen LogP contribution in [0.5, 0.6) is 17.4 Å². The predicted octanol–water partition coefficient (Wildman–Crippen LogP) is 3.58. The van der Waals surface area contributed by atoms with Crippen LogP contribution in [0.25, 0.3) is 0 Å². The first-order chi connectivity index (χ1) is 17.6. The molecule has 3 aliphatic heterocycles. The van der Waals surface area contributed by atoms with Crippen LogP contribution in [0, 0.1) is 11.6 Å². The van der Waals surface area contributed by atoms with E-state index in [4.69, 9.17) is 9.47 Å². The fraction of sp³-hybridized carbons (Fsp3) is 0.375. The average Bonchev–Trinajstić information content (AvgIpc) is 3.50. The summed E-state index contributed by atoms with van der Waals surface area (Å²) in [7, 11) is 2.08. The Balaban J connectivity index is 1.18. The van der Waals surface area contributed by atoms with Crippen molar-refractivity contribution in [2.45, 2.75) is 43.9 Å².